The SMILES string of the molecule is Cc1ccnc(OCC(=O)Nc2ncc([N+](=O)[O-])s2)n1. The van der Waals surface area contributed by atoms with E-state index in [0.717, 1.165) is 17.5 Å². The van der Waals surface area contributed by atoms with Crippen molar-refractivity contribution in [3.05, 3.63) is 34.3 Å². The maximum Gasteiger partial charge on any atom is 0.345 e. The van der Waals surface area contributed by atoms with Gasteiger partial charge in [0.15, 0.2) is 11.7 Å². The number of nitrogens with one attached hydrogen (secondary N) is 1. The summed E-state index contributed by atoms with van der Waals surface area (Å²) >= 11 is 0.764. The number of anilines is 1. The van der Waals surface area contributed by atoms with Gasteiger partial charge in [0.1, 0.15) is 6.20 Å². The first-order valence-corrected chi connectivity index (χ1v) is 6.19. The maximum absolute atomic E-state index is 11.6. The summed E-state index contributed by atoms with van der Waals surface area (Å²) in [5.41, 5.74) is 0.714. The van der Waals surface area contributed by atoms with Crippen molar-refractivity contribution in [1.29, 1.82) is 0 Å². The minimum atomic E-state index is -0.579. The van der Waals surface area contributed by atoms with E-state index in [4.69, 9.17) is 4.74 Å². The van der Waals surface area contributed by atoms with Gasteiger partial charge in [-0.25, -0.2) is 15.0 Å². The van der Waals surface area contributed by atoms with Gasteiger partial charge in [0, 0.05) is 11.9 Å². The molecule has 1 amide bonds. The van der Waals surface area contributed by atoms with E-state index in [0.29, 0.717) is 5.69 Å². The van der Waals surface area contributed by atoms with E-state index in [-0.39, 0.29) is 22.7 Å². The number of nitro groups is 1. The second-order valence-corrected chi connectivity index (χ2v) is 4.59. The van der Waals surface area contributed by atoms with E-state index in [2.05, 4.69) is 20.3 Å². The molecule has 104 valence electrons. The molecule has 0 radical (unpaired) electrons. The molecule has 2 rings (SSSR count). The smallest absolute Gasteiger partial charge is 0.345 e. The van der Waals surface area contributed by atoms with E-state index < -0.39 is 10.8 Å². The van der Waals surface area contributed by atoms with E-state index >= 15 is 0 Å². The summed E-state index contributed by atoms with van der Waals surface area (Å²) in [4.78, 5) is 32.9. The van der Waals surface area contributed by atoms with Crippen LogP contribution < -0.4 is 10.1 Å². The zero-order valence-electron chi connectivity index (χ0n) is 10.3. The summed E-state index contributed by atoms with van der Waals surface area (Å²) in [6.45, 7) is 1.46. The Bertz CT molecular complexity index is 644. The van der Waals surface area contributed by atoms with Gasteiger partial charge in [-0.1, -0.05) is 0 Å². The van der Waals surface area contributed by atoms with Crippen LogP contribution in [-0.4, -0.2) is 32.4 Å². The van der Waals surface area contributed by atoms with Crippen LogP contribution in [0.5, 0.6) is 6.01 Å². The van der Waals surface area contributed by atoms with Gasteiger partial charge in [0.05, 0.1) is 4.92 Å². The molecule has 2 aromatic rings. The Morgan fingerprint density at radius 2 is 2.35 bits per heavy atom. The molecule has 2 aromatic heterocycles. The normalized spacial score (nSPS) is 10.1. The number of carbonyl (C=O) groups is 1. The molecule has 0 fully saturated rings. The van der Waals surface area contributed by atoms with Crippen LogP contribution >= 0.6 is 11.3 Å². The molecule has 0 spiro atoms. The Kier molecular flexibility index (Phi) is 4.15. The van der Waals surface area contributed by atoms with Crippen LogP contribution in [0.2, 0.25) is 0 Å². The predicted molar refractivity (Wildman–Crippen MR) is 69.7 cm³/mol. The average molecular weight is 295 g/mol. The lowest BCUT2D eigenvalue weighted by atomic mass is 10.5. The van der Waals surface area contributed by atoms with Gasteiger partial charge < -0.3 is 4.74 Å². The first-order valence-electron chi connectivity index (χ1n) is 5.37. The molecule has 2 heterocycles. The quantitative estimate of drug-likeness (QED) is 0.649. The second kappa shape index (κ2) is 6.02. The van der Waals surface area contributed by atoms with Crippen molar-refractivity contribution in [2.45, 2.75) is 6.92 Å². The molecule has 20 heavy (non-hydrogen) atoms. The lowest BCUT2D eigenvalue weighted by Gasteiger charge is -2.03. The van der Waals surface area contributed by atoms with Crippen molar-refractivity contribution >= 4 is 27.4 Å². The minimum absolute atomic E-state index is 0.0882. The molecular weight excluding hydrogens is 286 g/mol. The Morgan fingerprint density at radius 3 is 3.00 bits per heavy atom. The van der Waals surface area contributed by atoms with Crippen LogP contribution in [0.3, 0.4) is 0 Å². The number of carbonyl (C=O) groups excluding carboxylic acids is 1. The fraction of sp³-hybridized carbons (Fsp3) is 0.200. The van der Waals surface area contributed by atoms with Gasteiger partial charge >= 0.3 is 11.0 Å². The predicted octanol–water partition coefficient (Wildman–Crippen LogP) is 1.17. The van der Waals surface area contributed by atoms with Crippen molar-refractivity contribution in [3.63, 3.8) is 0 Å². The number of nitrogens with zero attached hydrogens (tertiary/aromatic N) is 4. The molecular formula is C10H9N5O4S. The van der Waals surface area contributed by atoms with Crippen molar-refractivity contribution in [2.75, 3.05) is 11.9 Å². The molecule has 0 saturated carbocycles. The summed E-state index contributed by atoms with van der Waals surface area (Å²) in [6, 6.07) is 1.78. The zero-order valence-corrected chi connectivity index (χ0v) is 11.1. The molecule has 0 aliphatic heterocycles. The first-order chi connectivity index (χ1) is 9.54. The number of hydrogen-bond acceptors (Lipinski definition) is 8. The number of aromatic nitrogens is 3. The number of aryl methyl sites for hydroxylation is 1. The van der Waals surface area contributed by atoms with Gasteiger partial charge in [0.2, 0.25) is 0 Å². The lowest BCUT2D eigenvalue weighted by molar-refractivity contribution is -0.380. The third-order valence-corrected chi connectivity index (χ3v) is 2.89. The van der Waals surface area contributed by atoms with Crippen LogP contribution in [-0.2, 0) is 4.79 Å². The van der Waals surface area contributed by atoms with E-state index in [1.165, 1.54) is 6.20 Å². The Labute approximate surface area is 116 Å². The summed E-state index contributed by atoms with van der Waals surface area (Å²) in [5.74, 6) is -0.501. The van der Waals surface area contributed by atoms with Crippen LogP contribution in [0, 0.1) is 17.0 Å². The number of amides is 1. The Balaban J connectivity index is 1.87. The highest BCUT2D eigenvalue weighted by Gasteiger charge is 2.13. The van der Waals surface area contributed by atoms with Crippen LogP contribution in [0.25, 0.3) is 0 Å². The summed E-state index contributed by atoms with van der Waals surface area (Å²) < 4.78 is 5.08. The molecule has 0 aromatic carbocycles. The summed E-state index contributed by atoms with van der Waals surface area (Å²) in [7, 11) is 0. The average Bonchev–Trinajstić information content (AvgIpc) is 2.85. The summed E-state index contributed by atoms with van der Waals surface area (Å²) in [6.07, 6.45) is 2.59. The lowest BCUT2D eigenvalue weighted by Crippen LogP contribution is -2.20. The van der Waals surface area contributed by atoms with Gasteiger partial charge in [-0.15, -0.1) is 0 Å². The van der Waals surface area contributed by atoms with Crippen molar-refractivity contribution in [2.24, 2.45) is 0 Å². The number of ether oxygens (including phenoxy) is 1. The zero-order chi connectivity index (χ0) is 14.5. The van der Waals surface area contributed by atoms with Crippen molar-refractivity contribution < 1.29 is 14.5 Å². The molecule has 0 bridgehead atoms. The van der Waals surface area contributed by atoms with E-state index in [1.807, 2.05) is 0 Å². The maximum atomic E-state index is 11.6. The topological polar surface area (TPSA) is 120 Å². The van der Waals surface area contributed by atoms with Gasteiger partial charge in [-0.3, -0.25) is 20.2 Å². The molecule has 0 atom stereocenters. The Morgan fingerprint density at radius 1 is 1.55 bits per heavy atom. The molecule has 1 N–H and O–H groups in total. The first kappa shape index (κ1) is 13.8. The van der Waals surface area contributed by atoms with Crippen LogP contribution in [0.1, 0.15) is 5.69 Å². The summed E-state index contributed by atoms with van der Waals surface area (Å²) in [5, 5.41) is 12.8. The minimum Gasteiger partial charge on any atom is -0.453 e. The molecule has 0 saturated heterocycles. The highest BCUT2D eigenvalue weighted by Crippen LogP contribution is 2.24. The van der Waals surface area contributed by atoms with E-state index in [9.17, 15) is 14.9 Å². The third kappa shape index (κ3) is 3.68. The van der Waals surface area contributed by atoms with Crippen LogP contribution in [0.15, 0.2) is 18.5 Å². The fourth-order valence-corrected chi connectivity index (χ4v) is 1.84. The van der Waals surface area contributed by atoms with Gasteiger partial charge in [-0.2, -0.15) is 0 Å². The molecule has 10 heteroatoms. The molecule has 9 nitrogen and oxygen atoms in total. The standard InChI is InChI=1S/C10H9N5O4S/c1-6-2-3-11-9(13-6)19-5-7(16)14-10-12-4-8(20-10)15(17)18/h2-4H,5H2,1H3,(H,12,14,16). The van der Waals surface area contributed by atoms with Gasteiger partial charge in [0.25, 0.3) is 5.91 Å². The monoisotopic (exact) mass is 295 g/mol. The largest absolute Gasteiger partial charge is 0.453 e. The second-order valence-electron chi connectivity index (χ2n) is 3.58. The number of thiazole rings is 1. The highest BCUT2D eigenvalue weighted by molar-refractivity contribution is 7.18. The highest BCUT2D eigenvalue weighted by atomic mass is 32.1. The van der Waals surface area contributed by atoms with Gasteiger partial charge in [-0.05, 0) is 24.3 Å². The molecule has 0 unspecified atom stereocenters. The molecule has 0 aliphatic rings. The molecule has 0 aliphatic carbocycles. The van der Waals surface area contributed by atoms with Crippen LogP contribution in [0.4, 0.5) is 10.1 Å². The third-order valence-electron chi connectivity index (χ3n) is 2.02. The van der Waals surface area contributed by atoms with Crippen molar-refractivity contribution in [1.82, 2.24) is 15.0 Å². The number of rotatable bonds is 5. The Hall–Kier alpha value is -2.62. The van der Waals surface area contributed by atoms with Crippen molar-refractivity contribution in [3.8, 4) is 6.01 Å². The number of hydrogen-bond donors (Lipinski definition) is 1. The fourth-order valence-electron chi connectivity index (χ4n) is 1.19. The van der Waals surface area contributed by atoms with E-state index in [1.54, 1.807) is 13.0 Å².